The minimum absolute atomic E-state index is 0.217. The van der Waals surface area contributed by atoms with Crippen molar-refractivity contribution in [2.45, 2.75) is 18.9 Å². The van der Waals surface area contributed by atoms with Gasteiger partial charge in [0.25, 0.3) is 0 Å². The molecule has 0 saturated heterocycles. The maximum atomic E-state index is 8.80. The molecule has 14 heavy (non-hydrogen) atoms. The number of hydrogen-bond donors (Lipinski definition) is 2. The van der Waals surface area contributed by atoms with Crippen molar-refractivity contribution in [2.24, 2.45) is 0 Å². The van der Waals surface area contributed by atoms with E-state index in [9.17, 15) is 0 Å². The quantitative estimate of drug-likeness (QED) is 0.516. The summed E-state index contributed by atoms with van der Waals surface area (Å²) in [6.45, 7) is 2.95. The number of nitrogens with zero attached hydrogens (tertiary/aromatic N) is 1. The van der Waals surface area contributed by atoms with Crippen LogP contribution in [0.1, 0.15) is 12.8 Å². The van der Waals surface area contributed by atoms with Crippen LogP contribution in [0.2, 0.25) is 0 Å². The first-order chi connectivity index (χ1) is 6.70. The molecule has 0 heterocycles. The van der Waals surface area contributed by atoms with Gasteiger partial charge in [-0.15, -0.1) is 0 Å². The second-order valence-electron chi connectivity index (χ2n) is 3.78. The minimum atomic E-state index is 0.217. The Morgan fingerprint density at radius 3 is 2.64 bits per heavy atom. The smallest absolute Gasteiger partial charge is 0.0616 e. The summed E-state index contributed by atoms with van der Waals surface area (Å²) in [4.78, 5) is 2.17. The van der Waals surface area contributed by atoms with Gasteiger partial charge in [-0.25, -0.2) is 0 Å². The van der Waals surface area contributed by atoms with Crippen LogP contribution in [0.5, 0.6) is 0 Å². The van der Waals surface area contributed by atoms with Crippen LogP contribution in [-0.4, -0.2) is 63.6 Å². The van der Waals surface area contributed by atoms with E-state index in [0.717, 1.165) is 25.9 Å². The van der Waals surface area contributed by atoms with Crippen LogP contribution < -0.4 is 5.32 Å². The van der Waals surface area contributed by atoms with Gasteiger partial charge in [0.05, 0.1) is 6.61 Å². The van der Waals surface area contributed by atoms with Crippen molar-refractivity contribution in [1.82, 2.24) is 10.2 Å². The molecule has 1 unspecified atom stereocenters. The summed E-state index contributed by atoms with van der Waals surface area (Å²) in [6, 6.07) is 0.284. The van der Waals surface area contributed by atoms with Crippen molar-refractivity contribution >= 4 is 0 Å². The average Bonchev–Trinajstić information content (AvgIpc) is 2.12. The van der Waals surface area contributed by atoms with Gasteiger partial charge in [0.1, 0.15) is 0 Å². The first kappa shape index (κ1) is 13.8. The van der Waals surface area contributed by atoms with E-state index < -0.39 is 0 Å². The fourth-order valence-corrected chi connectivity index (χ4v) is 1.30. The molecule has 1 atom stereocenters. The summed E-state index contributed by atoms with van der Waals surface area (Å²) in [5.74, 6) is 0. The van der Waals surface area contributed by atoms with Crippen molar-refractivity contribution in [3.63, 3.8) is 0 Å². The normalized spacial score (nSPS) is 13.5. The third-order valence-electron chi connectivity index (χ3n) is 2.06. The third-order valence-corrected chi connectivity index (χ3v) is 2.06. The van der Waals surface area contributed by atoms with E-state index in [1.807, 2.05) is 0 Å². The van der Waals surface area contributed by atoms with Gasteiger partial charge >= 0.3 is 0 Å². The number of ether oxygens (including phenoxy) is 1. The lowest BCUT2D eigenvalue weighted by atomic mass is 10.2. The van der Waals surface area contributed by atoms with E-state index in [1.54, 1.807) is 7.11 Å². The van der Waals surface area contributed by atoms with Gasteiger partial charge < -0.3 is 20.1 Å². The molecule has 0 radical (unpaired) electrons. The lowest BCUT2D eigenvalue weighted by molar-refractivity contribution is 0.148. The fourth-order valence-electron chi connectivity index (χ4n) is 1.30. The molecule has 4 heteroatoms. The second-order valence-corrected chi connectivity index (χ2v) is 3.78. The fraction of sp³-hybridized carbons (Fsp3) is 1.00. The lowest BCUT2D eigenvalue weighted by Crippen LogP contribution is -2.35. The zero-order valence-electron chi connectivity index (χ0n) is 9.62. The number of methoxy groups -OCH3 is 1. The molecule has 0 amide bonds. The molecule has 4 nitrogen and oxygen atoms in total. The third kappa shape index (κ3) is 8.44. The Kier molecular flexibility index (Phi) is 9.29. The largest absolute Gasteiger partial charge is 0.396 e. The Morgan fingerprint density at radius 1 is 1.43 bits per heavy atom. The molecule has 0 aromatic carbocycles. The number of hydrogen-bond acceptors (Lipinski definition) is 4. The van der Waals surface area contributed by atoms with E-state index in [2.05, 4.69) is 24.3 Å². The van der Waals surface area contributed by atoms with Gasteiger partial charge in [-0.3, -0.25) is 0 Å². The summed E-state index contributed by atoms with van der Waals surface area (Å²) in [5.41, 5.74) is 0. The number of aliphatic hydroxyl groups is 1. The van der Waals surface area contributed by atoms with Gasteiger partial charge in [0.2, 0.25) is 0 Å². The van der Waals surface area contributed by atoms with E-state index >= 15 is 0 Å². The van der Waals surface area contributed by atoms with Crippen LogP contribution in [0, 0.1) is 0 Å². The molecule has 0 saturated carbocycles. The van der Waals surface area contributed by atoms with Crippen LogP contribution in [0.3, 0.4) is 0 Å². The molecule has 86 valence electrons. The standard InChI is InChI=1S/C10H24N2O2/c1-12(2)7-4-6-11-10(5-8-13)9-14-3/h10-11,13H,4-9H2,1-3H3. The van der Waals surface area contributed by atoms with E-state index in [-0.39, 0.29) is 12.6 Å². The van der Waals surface area contributed by atoms with E-state index in [1.165, 1.54) is 0 Å². The highest BCUT2D eigenvalue weighted by Gasteiger charge is 2.05. The summed E-state index contributed by atoms with van der Waals surface area (Å²) in [5, 5.41) is 12.2. The summed E-state index contributed by atoms with van der Waals surface area (Å²) in [6.07, 6.45) is 1.88. The molecule has 0 rings (SSSR count). The summed E-state index contributed by atoms with van der Waals surface area (Å²) in [7, 11) is 5.83. The Labute approximate surface area is 87.2 Å². The van der Waals surface area contributed by atoms with Gasteiger partial charge in [-0.2, -0.15) is 0 Å². The molecule has 0 aliphatic carbocycles. The molecule has 0 aliphatic rings. The highest BCUT2D eigenvalue weighted by atomic mass is 16.5. The van der Waals surface area contributed by atoms with Crippen LogP contribution in [-0.2, 0) is 4.74 Å². The van der Waals surface area contributed by atoms with Crippen molar-refractivity contribution in [3.8, 4) is 0 Å². The second kappa shape index (κ2) is 9.40. The van der Waals surface area contributed by atoms with Crippen LogP contribution in [0.15, 0.2) is 0 Å². The Balaban J connectivity index is 3.40. The molecule has 0 aromatic heterocycles. The molecule has 0 aliphatic heterocycles. The predicted octanol–water partition coefficient (Wildman–Crippen LogP) is -0.0749. The van der Waals surface area contributed by atoms with Crippen molar-refractivity contribution < 1.29 is 9.84 Å². The highest BCUT2D eigenvalue weighted by Crippen LogP contribution is 1.92. The summed E-state index contributed by atoms with van der Waals surface area (Å²) < 4.78 is 5.05. The highest BCUT2D eigenvalue weighted by molar-refractivity contribution is 4.65. The first-order valence-corrected chi connectivity index (χ1v) is 5.18. The van der Waals surface area contributed by atoms with Crippen LogP contribution >= 0.6 is 0 Å². The van der Waals surface area contributed by atoms with E-state index in [0.29, 0.717) is 6.61 Å². The monoisotopic (exact) mass is 204 g/mol. The zero-order chi connectivity index (χ0) is 10.8. The molecule has 0 bridgehead atoms. The first-order valence-electron chi connectivity index (χ1n) is 5.18. The number of nitrogens with one attached hydrogen (secondary N) is 1. The number of rotatable bonds is 9. The molecule has 0 aromatic rings. The van der Waals surface area contributed by atoms with Gasteiger partial charge in [-0.1, -0.05) is 0 Å². The van der Waals surface area contributed by atoms with Gasteiger partial charge in [-0.05, 0) is 40.0 Å². The molecule has 0 spiro atoms. The van der Waals surface area contributed by atoms with Crippen LogP contribution in [0.25, 0.3) is 0 Å². The topological polar surface area (TPSA) is 44.7 Å². The van der Waals surface area contributed by atoms with E-state index in [4.69, 9.17) is 9.84 Å². The molecular formula is C10H24N2O2. The lowest BCUT2D eigenvalue weighted by Gasteiger charge is -2.17. The van der Waals surface area contributed by atoms with Crippen molar-refractivity contribution in [2.75, 3.05) is 47.5 Å². The van der Waals surface area contributed by atoms with Crippen molar-refractivity contribution in [1.29, 1.82) is 0 Å². The molecule has 2 N–H and O–H groups in total. The summed E-state index contributed by atoms with van der Waals surface area (Å²) >= 11 is 0. The Morgan fingerprint density at radius 2 is 2.14 bits per heavy atom. The maximum absolute atomic E-state index is 8.80. The predicted molar refractivity (Wildman–Crippen MR) is 58.5 cm³/mol. The van der Waals surface area contributed by atoms with Crippen LogP contribution in [0.4, 0.5) is 0 Å². The molecule has 0 fully saturated rings. The van der Waals surface area contributed by atoms with Crippen molar-refractivity contribution in [3.05, 3.63) is 0 Å². The molecular weight excluding hydrogens is 180 g/mol. The van der Waals surface area contributed by atoms with Gasteiger partial charge in [0, 0.05) is 19.8 Å². The Hall–Kier alpha value is -0.160. The SMILES string of the molecule is COCC(CCO)NCCCN(C)C. The zero-order valence-corrected chi connectivity index (χ0v) is 9.62. The number of aliphatic hydroxyl groups excluding tert-OH is 1. The average molecular weight is 204 g/mol. The maximum Gasteiger partial charge on any atom is 0.0616 e. The van der Waals surface area contributed by atoms with Gasteiger partial charge in [0.15, 0.2) is 0 Å². The Bertz CT molecular complexity index is 115. The minimum Gasteiger partial charge on any atom is -0.396 e.